The van der Waals surface area contributed by atoms with Crippen molar-refractivity contribution in [3.8, 4) is 63.2 Å². The number of benzene rings is 5. The normalized spacial score (nSPS) is 13.4. The Balaban J connectivity index is 1.74. The number of carbonyl (C=O) groups is 8. The van der Waals surface area contributed by atoms with E-state index in [9.17, 15) is 58.8 Å². The third-order valence-electron chi connectivity index (χ3n) is 11.7. The van der Waals surface area contributed by atoms with Gasteiger partial charge in [0.2, 0.25) is 11.5 Å². The Morgan fingerprint density at radius 1 is 0.513 bits per heavy atom. The number of hydrogen-bond donors (Lipinski definition) is 6. The van der Waals surface area contributed by atoms with Crippen LogP contribution in [-0.2, 0) is 30.4 Å². The Labute approximate surface area is 446 Å². The van der Waals surface area contributed by atoms with Crippen LogP contribution in [-0.4, -0.2) is 68.2 Å². The monoisotopic (exact) mass is 1080 g/mol. The van der Waals surface area contributed by atoms with Gasteiger partial charge in [-0.2, -0.15) is 0 Å². The Morgan fingerprint density at radius 2 is 0.974 bits per heavy atom. The first-order chi connectivity index (χ1) is 37.2. The summed E-state index contributed by atoms with van der Waals surface area (Å²) in [6, 6.07) is 12.3. The fraction of sp³-hybridized carbons (Fsp3) is 0.321. The standard InChI is InChI=1S/C56H58N2O20/c1-6-11-44(61)71-31-24-39(72-45(62)12-7-2)34-26-35(51(75-40(34)25-31)28-20-42(73-46(63)13-8-3)52(77-48(65)15-10-5)43(21-28)74-47(64)14-9-4)49-36(54(67)68)27-41(76-55(69)32-18-16-29(57)22-37(32)59)50(66)53(49)78-56(70)33-19-17-30(58)23-38(33)60/h16-25,27,35,51,59-60,66H,6-15,26,57-58H2,1-5H3,(H,67,68)/t35-,51+/m1/s1. The molecule has 0 fully saturated rings. The molecule has 22 heteroatoms. The van der Waals surface area contributed by atoms with Crippen LogP contribution in [0, 0.1) is 0 Å². The van der Waals surface area contributed by atoms with Crippen molar-refractivity contribution < 1.29 is 96.7 Å². The van der Waals surface area contributed by atoms with Gasteiger partial charge in [0, 0.05) is 90.4 Å². The molecule has 0 aliphatic carbocycles. The van der Waals surface area contributed by atoms with Crippen molar-refractivity contribution in [2.24, 2.45) is 0 Å². The number of phenols is 3. The van der Waals surface area contributed by atoms with Crippen LogP contribution < -0.4 is 49.4 Å². The molecule has 22 nitrogen and oxygen atoms in total. The van der Waals surface area contributed by atoms with E-state index in [1.807, 2.05) is 0 Å². The Bertz CT molecular complexity index is 3120. The maximum atomic E-state index is 14.3. The largest absolute Gasteiger partial charge is 0.507 e. The van der Waals surface area contributed by atoms with Gasteiger partial charge in [0.1, 0.15) is 46.0 Å². The highest BCUT2D eigenvalue weighted by Gasteiger charge is 2.43. The van der Waals surface area contributed by atoms with Gasteiger partial charge in [-0.25, -0.2) is 14.4 Å². The van der Waals surface area contributed by atoms with Crippen molar-refractivity contribution in [1.82, 2.24) is 0 Å². The van der Waals surface area contributed by atoms with E-state index in [2.05, 4.69) is 0 Å². The second kappa shape index (κ2) is 25.9. The van der Waals surface area contributed by atoms with E-state index in [-0.39, 0.29) is 71.9 Å². The van der Waals surface area contributed by atoms with E-state index in [0.717, 1.165) is 24.3 Å². The van der Waals surface area contributed by atoms with Crippen LogP contribution in [0.5, 0.6) is 63.2 Å². The zero-order valence-corrected chi connectivity index (χ0v) is 43.3. The third kappa shape index (κ3) is 13.9. The van der Waals surface area contributed by atoms with E-state index in [1.165, 1.54) is 36.4 Å². The quantitative estimate of drug-likeness (QED) is 0.0214. The minimum atomic E-state index is -1.80. The topological polar surface area (TPSA) is 343 Å². The maximum absolute atomic E-state index is 14.3. The molecule has 0 saturated carbocycles. The van der Waals surface area contributed by atoms with E-state index < -0.39 is 134 Å². The lowest BCUT2D eigenvalue weighted by Gasteiger charge is -2.37. The van der Waals surface area contributed by atoms with E-state index in [1.54, 1.807) is 34.6 Å². The first-order valence-corrected chi connectivity index (χ1v) is 25.0. The van der Waals surface area contributed by atoms with Crippen molar-refractivity contribution in [2.75, 3.05) is 11.5 Å². The molecule has 0 spiro atoms. The molecule has 78 heavy (non-hydrogen) atoms. The number of rotatable bonds is 22. The molecule has 1 aliphatic heterocycles. The first kappa shape index (κ1) is 57.9. The Hall–Kier alpha value is -9.34. The summed E-state index contributed by atoms with van der Waals surface area (Å²) >= 11 is 0. The number of phenolic OH excluding ortho intramolecular Hbond substituents is 3. The number of carboxylic acids is 1. The summed E-state index contributed by atoms with van der Waals surface area (Å²) in [5.74, 6) is -16.6. The minimum absolute atomic E-state index is 0.0175. The molecule has 5 aromatic carbocycles. The van der Waals surface area contributed by atoms with Gasteiger partial charge in [0.05, 0.1) is 5.56 Å². The van der Waals surface area contributed by atoms with Crippen LogP contribution in [0.2, 0.25) is 0 Å². The summed E-state index contributed by atoms with van der Waals surface area (Å²) in [5, 5.41) is 45.0. The zero-order chi connectivity index (χ0) is 57.0. The second-order valence-electron chi connectivity index (χ2n) is 17.9. The maximum Gasteiger partial charge on any atom is 0.347 e. The van der Waals surface area contributed by atoms with Gasteiger partial charge < -0.3 is 69.8 Å². The highest BCUT2D eigenvalue weighted by atomic mass is 16.6. The molecule has 0 bridgehead atoms. The predicted molar refractivity (Wildman–Crippen MR) is 275 cm³/mol. The summed E-state index contributed by atoms with van der Waals surface area (Å²) in [5.41, 5.74) is 9.08. The van der Waals surface area contributed by atoms with Crippen LogP contribution in [0.3, 0.4) is 0 Å². The smallest absolute Gasteiger partial charge is 0.347 e. The molecule has 1 heterocycles. The van der Waals surface area contributed by atoms with Crippen molar-refractivity contribution in [3.05, 3.63) is 100 Å². The van der Waals surface area contributed by atoms with Gasteiger partial charge in [-0.3, -0.25) is 24.0 Å². The molecule has 0 saturated heterocycles. The summed E-state index contributed by atoms with van der Waals surface area (Å²) in [6.07, 6.45) is -1.11. The molecule has 0 amide bonds. The SMILES string of the molecule is CCCC(=O)Oc1cc(OC(=O)CCC)c2c(c1)O[C@@H](c1cc(OC(=O)CCC)c(OC(=O)CCC)c(OC(=O)CCC)c1)[C@@H](c1c(C(=O)O)cc(OC(=O)c3ccc(N)cc3O)c(O)c1OC(=O)c1ccc(N)cc1O)C2. The molecule has 0 unspecified atom stereocenters. The number of aromatic hydroxyl groups is 3. The summed E-state index contributed by atoms with van der Waals surface area (Å²) < 4.78 is 47.0. The molecule has 1 aliphatic rings. The van der Waals surface area contributed by atoms with Gasteiger partial charge in [-0.05, 0) is 81.0 Å². The molecule has 6 rings (SSSR count). The van der Waals surface area contributed by atoms with Crippen molar-refractivity contribution in [1.29, 1.82) is 0 Å². The van der Waals surface area contributed by atoms with Gasteiger partial charge in [-0.15, -0.1) is 0 Å². The second-order valence-corrected chi connectivity index (χ2v) is 17.9. The lowest BCUT2D eigenvalue weighted by atomic mass is 9.79. The third-order valence-corrected chi connectivity index (χ3v) is 11.7. The van der Waals surface area contributed by atoms with Crippen molar-refractivity contribution in [3.63, 3.8) is 0 Å². The fourth-order valence-corrected chi connectivity index (χ4v) is 8.16. The van der Waals surface area contributed by atoms with E-state index in [0.29, 0.717) is 38.2 Å². The average Bonchev–Trinajstić information content (AvgIpc) is 3.35. The number of hydrogen-bond acceptors (Lipinski definition) is 21. The number of ether oxygens (including phenoxy) is 8. The number of anilines is 2. The summed E-state index contributed by atoms with van der Waals surface area (Å²) in [6.45, 7) is 8.55. The van der Waals surface area contributed by atoms with Gasteiger partial charge in [0.15, 0.2) is 23.0 Å². The number of carboxylic acid groups (broad SMARTS) is 1. The molecule has 2 atom stereocenters. The van der Waals surface area contributed by atoms with Crippen molar-refractivity contribution in [2.45, 2.75) is 117 Å². The van der Waals surface area contributed by atoms with Gasteiger partial charge in [0.25, 0.3) is 0 Å². The number of nitrogen functional groups attached to an aromatic ring is 2. The van der Waals surface area contributed by atoms with Crippen LogP contribution in [0.1, 0.15) is 159 Å². The first-order valence-electron chi connectivity index (χ1n) is 25.0. The van der Waals surface area contributed by atoms with E-state index in [4.69, 9.17) is 49.4 Å². The van der Waals surface area contributed by atoms with Gasteiger partial charge in [-0.1, -0.05) is 34.6 Å². The molecular formula is C56H58N2O20. The lowest BCUT2D eigenvalue weighted by Crippen LogP contribution is -2.28. The highest BCUT2D eigenvalue weighted by Crippen LogP contribution is 2.56. The number of fused-ring (bicyclic) bond motifs is 1. The molecular weight excluding hydrogens is 1020 g/mol. The number of carbonyl (C=O) groups excluding carboxylic acids is 7. The van der Waals surface area contributed by atoms with Gasteiger partial charge >= 0.3 is 47.8 Å². The molecule has 412 valence electrons. The van der Waals surface area contributed by atoms with Crippen LogP contribution in [0.4, 0.5) is 11.4 Å². The van der Waals surface area contributed by atoms with Crippen molar-refractivity contribution >= 4 is 59.1 Å². The minimum Gasteiger partial charge on any atom is -0.507 e. The van der Waals surface area contributed by atoms with Crippen LogP contribution in [0.15, 0.2) is 66.7 Å². The fourth-order valence-electron chi connectivity index (χ4n) is 8.16. The van der Waals surface area contributed by atoms with Crippen LogP contribution in [0.25, 0.3) is 0 Å². The highest BCUT2D eigenvalue weighted by molar-refractivity contribution is 5.99. The summed E-state index contributed by atoms with van der Waals surface area (Å²) in [4.78, 5) is 108. The molecule has 8 N–H and O–H groups in total. The van der Waals surface area contributed by atoms with Crippen LogP contribution >= 0.6 is 0 Å². The average molecular weight is 1080 g/mol. The lowest BCUT2D eigenvalue weighted by molar-refractivity contribution is -0.138. The van der Waals surface area contributed by atoms with E-state index >= 15 is 0 Å². The Kier molecular flexibility index (Phi) is 19.3. The molecule has 0 aromatic heterocycles. The summed E-state index contributed by atoms with van der Waals surface area (Å²) in [7, 11) is 0. The molecule has 0 radical (unpaired) electrons. The Morgan fingerprint density at radius 3 is 1.45 bits per heavy atom. The predicted octanol–water partition coefficient (Wildman–Crippen LogP) is 9.09. The number of nitrogens with two attached hydrogens (primary N) is 2. The molecule has 5 aromatic rings. The number of aromatic carboxylic acids is 1. The number of esters is 7. The zero-order valence-electron chi connectivity index (χ0n) is 43.3.